The Hall–Kier alpha value is -3.66. The molecule has 0 fully saturated rings. The molecule has 132 valence electrons. The van der Waals surface area contributed by atoms with Crippen molar-refractivity contribution in [3.63, 3.8) is 0 Å². The molecule has 0 bridgehead atoms. The summed E-state index contributed by atoms with van der Waals surface area (Å²) in [5.41, 5.74) is 3.91. The maximum atomic E-state index is 5.91. The summed E-state index contributed by atoms with van der Waals surface area (Å²) < 4.78 is 7.78. The lowest BCUT2D eigenvalue weighted by Gasteiger charge is -2.04. The van der Waals surface area contributed by atoms with Crippen molar-refractivity contribution in [1.29, 1.82) is 0 Å². The van der Waals surface area contributed by atoms with Gasteiger partial charge in [0.05, 0.1) is 17.1 Å². The maximum Gasteiger partial charge on any atom is 0.234 e. The van der Waals surface area contributed by atoms with Crippen LogP contribution in [-0.2, 0) is 6.61 Å². The summed E-state index contributed by atoms with van der Waals surface area (Å²) in [5, 5.41) is 4.63. The molecule has 0 aliphatic rings. The minimum atomic E-state index is 0.482. The van der Waals surface area contributed by atoms with Crippen molar-refractivity contribution in [2.45, 2.75) is 6.61 Å². The summed E-state index contributed by atoms with van der Waals surface area (Å²) in [6, 6.07) is 27.9. The fourth-order valence-electron chi connectivity index (χ4n) is 2.71. The number of ether oxygens (including phenoxy) is 1. The third-order valence-electron chi connectivity index (χ3n) is 4.06. The largest absolute Gasteiger partial charge is 0.472 e. The molecule has 0 radical (unpaired) electrons. The van der Waals surface area contributed by atoms with E-state index < -0.39 is 0 Å². The van der Waals surface area contributed by atoms with E-state index in [1.807, 2.05) is 102 Å². The van der Waals surface area contributed by atoms with Gasteiger partial charge in [0.2, 0.25) is 5.88 Å². The summed E-state index contributed by atoms with van der Waals surface area (Å²) in [5.74, 6) is 0.586. The number of nitrogens with zero attached hydrogens (tertiary/aromatic N) is 3. The van der Waals surface area contributed by atoms with Gasteiger partial charge in [-0.2, -0.15) is 0 Å². The van der Waals surface area contributed by atoms with Gasteiger partial charge in [0, 0.05) is 12.3 Å². The molecule has 0 spiro atoms. The summed E-state index contributed by atoms with van der Waals surface area (Å²) in [4.78, 5) is 4.33. The molecule has 4 nitrogen and oxygen atoms in total. The zero-order valence-electron chi connectivity index (χ0n) is 14.8. The molecule has 0 aliphatic carbocycles. The number of rotatable bonds is 6. The first-order valence-electron chi connectivity index (χ1n) is 8.80. The molecule has 0 atom stereocenters. The second-order valence-corrected chi connectivity index (χ2v) is 6.02. The summed E-state index contributed by atoms with van der Waals surface area (Å²) in [6.07, 6.45) is 5.75. The van der Waals surface area contributed by atoms with Crippen molar-refractivity contribution in [2.75, 3.05) is 0 Å². The molecular weight excluding hydrogens is 334 g/mol. The Morgan fingerprint density at radius 3 is 2.30 bits per heavy atom. The Morgan fingerprint density at radius 1 is 0.815 bits per heavy atom. The lowest BCUT2D eigenvalue weighted by atomic mass is 10.2. The number of hydrogen-bond acceptors (Lipinski definition) is 3. The maximum absolute atomic E-state index is 5.91. The SMILES string of the molecule is C(=Cc1cc(OCc2ccccc2)nn1-c1ccccc1)c1ccccn1. The van der Waals surface area contributed by atoms with Crippen molar-refractivity contribution in [3.05, 3.63) is 108 Å². The molecule has 0 saturated heterocycles. The summed E-state index contributed by atoms with van der Waals surface area (Å²) in [6.45, 7) is 0.482. The van der Waals surface area contributed by atoms with E-state index in [0.29, 0.717) is 12.5 Å². The van der Waals surface area contributed by atoms with Crippen LogP contribution in [-0.4, -0.2) is 14.8 Å². The Balaban J connectivity index is 1.62. The van der Waals surface area contributed by atoms with Gasteiger partial charge in [0.1, 0.15) is 6.61 Å². The number of pyridine rings is 1. The second-order valence-electron chi connectivity index (χ2n) is 6.02. The van der Waals surface area contributed by atoms with Gasteiger partial charge < -0.3 is 4.74 Å². The molecule has 2 aromatic carbocycles. The third kappa shape index (κ3) is 4.30. The van der Waals surface area contributed by atoms with E-state index in [1.165, 1.54) is 0 Å². The van der Waals surface area contributed by atoms with E-state index in [9.17, 15) is 0 Å². The molecule has 0 saturated carbocycles. The van der Waals surface area contributed by atoms with Crippen LogP contribution >= 0.6 is 0 Å². The Labute approximate surface area is 158 Å². The van der Waals surface area contributed by atoms with Gasteiger partial charge in [-0.05, 0) is 42.0 Å². The normalized spacial score (nSPS) is 11.0. The van der Waals surface area contributed by atoms with Crippen LogP contribution in [0.4, 0.5) is 0 Å². The molecule has 4 aromatic rings. The fraction of sp³-hybridized carbons (Fsp3) is 0.0435. The zero-order valence-corrected chi connectivity index (χ0v) is 14.8. The van der Waals surface area contributed by atoms with Crippen molar-refractivity contribution in [1.82, 2.24) is 14.8 Å². The molecule has 0 aliphatic heterocycles. The first-order valence-corrected chi connectivity index (χ1v) is 8.80. The molecule has 4 rings (SSSR count). The van der Waals surface area contributed by atoms with Gasteiger partial charge >= 0.3 is 0 Å². The van der Waals surface area contributed by atoms with Crippen LogP contribution in [0, 0.1) is 0 Å². The molecule has 0 N–H and O–H groups in total. The zero-order chi connectivity index (χ0) is 18.3. The predicted molar refractivity (Wildman–Crippen MR) is 108 cm³/mol. The quantitative estimate of drug-likeness (QED) is 0.489. The molecule has 2 heterocycles. The average Bonchev–Trinajstić information content (AvgIpc) is 3.16. The van der Waals surface area contributed by atoms with E-state index in [0.717, 1.165) is 22.6 Å². The Morgan fingerprint density at radius 2 is 1.56 bits per heavy atom. The second kappa shape index (κ2) is 8.15. The van der Waals surface area contributed by atoms with Gasteiger partial charge in [-0.15, -0.1) is 5.10 Å². The first-order chi connectivity index (χ1) is 13.4. The van der Waals surface area contributed by atoms with Crippen LogP contribution < -0.4 is 4.74 Å². The van der Waals surface area contributed by atoms with Crippen molar-refractivity contribution >= 4 is 12.2 Å². The topological polar surface area (TPSA) is 39.9 Å². The fourth-order valence-corrected chi connectivity index (χ4v) is 2.71. The number of benzene rings is 2. The van der Waals surface area contributed by atoms with Crippen molar-refractivity contribution in [3.8, 4) is 11.6 Å². The van der Waals surface area contributed by atoms with E-state index >= 15 is 0 Å². The third-order valence-corrected chi connectivity index (χ3v) is 4.06. The van der Waals surface area contributed by atoms with Crippen molar-refractivity contribution < 1.29 is 4.74 Å². The molecular formula is C23H19N3O. The minimum absolute atomic E-state index is 0.482. The van der Waals surface area contributed by atoms with E-state index in [-0.39, 0.29) is 0 Å². The molecule has 4 heteroatoms. The monoisotopic (exact) mass is 353 g/mol. The van der Waals surface area contributed by atoms with Gasteiger partial charge in [-0.3, -0.25) is 4.98 Å². The van der Waals surface area contributed by atoms with Gasteiger partial charge in [-0.25, -0.2) is 4.68 Å². The first kappa shape index (κ1) is 16.8. The highest BCUT2D eigenvalue weighted by molar-refractivity contribution is 5.67. The van der Waals surface area contributed by atoms with Gasteiger partial charge in [0.15, 0.2) is 0 Å². The lowest BCUT2D eigenvalue weighted by molar-refractivity contribution is 0.292. The lowest BCUT2D eigenvalue weighted by Crippen LogP contribution is -2.00. The van der Waals surface area contributed by atoms with Gasteiger partial charge in [-0.1, -0.05) is 54.6 Å². The summed E-state index contributed by atoms with van der Waals surface area (Å²) >= 11 is 0. The van der Waals surface area contributed by atoms with Gasteiger partial charge in [0.25, 0.3) is 0 Å². The van der Waals surface area contributed by atoms with Crippen LogP contribution in [0.25, 0.3) is 17.8 Å². The van der Waals surface area contributed by atoms with Crippen molar-refractivity contribution in [2.24, 2.45) is 0 Å². The van der Waals surface area contributed by atoms with Crippen LogP contribution in [0.5, 0.6) is 5.88 Å². The predicted octanol–water partition coefficient (Wildman–Crippen LogP) is 5.02. The molecule has 0 unspecified atom stereocenters. The van der Waals surface area contributed by atoms with Crippen LogP contribution in [0.2, 0.25) is 0 Å². The van der Waals surface area contributed by atoms with E-state index in [4.69, 9.17) is 4.74 Å². The van der Waals surface area contributed by atoms with Crippen LogP contribution in [0.3, 0.4) is 0 Å². The Bertz CT molecular complexity index is 1010. The number of para-hydroxylation sites is 1. The Kier molecular flexibility index (Phi) is 5.07. The highest BCUT2D eigenvalue weighted by Crippen LogP contribution is 2.20. The molecule has 0 amide bonds. The highest BCUT2D eigenvalue weighted by Gasteiger charge is 2.09. The summed E-state index contributed by atoms with van der Waals surface area (Å²) in [7, 11) is 0. The number of aromatic nitrogens is 3. The standard InChI is InChI=1S/C23H19N3O/c1-3-9-19(10-4-1)18-27-23-17-22(15-14-20-11-7-8-16-24-20)26(25-23)21-12-5-2-6-13-21/h1-17H,18H2. The van der Waals surface area contributed by atoms with Crippen LogP contribution in [0.1, 0.15) is 17.0 Å². The molecule has 27 heavy (non-hydrogen) atoms. The number of hydrogen-bond donors (Lipinski definition) is 0. The smallest absolute Gasteiger partial charge is 0.234 e. The van der Waals surface area contributed by atoms with E-state index in [2.05, 4.69) is 10.1 Å². The molecule has 2 aromatic heterocycles. The minimum Gasteiger partial charge on any atom is -0.472 e. The van der Waals surface area contributed by atoms with E-state index in [1.54, 1.807) is 6.20 Å². The van der Waals surface area contributed by atoms with Crippen LogP contribution in [0.15, 0.2) is 91.1 Å². The average molecular weight is 353 g/mol. The highest BCUT2D eigenvalue weighted by atomic mass is 16.5.